The van der Waals surface area contributed by atoms with Crippen molar-refractivity contribution >= 4 is 29.1 Å². The van der Waals surface area contributed by atoms with Gasteiger partial charge in [-0.15, -0.1) is 0 Å². The third kappa shape index (κ3) is 4.61. The number of amides is 2. The maximum Gasteiger partial charge on any atom is 0.255 e. The summed E-state index contributed by atoms with van der Waals surface area (Å²) in [6, 6.07) is 10.2. The van der Waals surface area contributed by atoms with E-state index < -0.39 is 5.82 Å². The van der Waals surface area contributed by atoms with Gasteiger partial charge in [0.05, 0.1) is 10.6 Å². The Morgan fingerprint density at radius 2 is 1.65 bits per heavy atom. The van der Waals surface area contributed by atoms with Gasteiger partial charge in [-0.25, -0.2) is 4.39 Å². The van der Waals surface area contributed by atoms with Crippen molar-refractivity contribution in [2.24, 2.45) is 0 Å². The van der Waals surface area contributed by atoms with Crippen molar-refractivity contribution in [2.45, 2.75) is 38.1 Å². The first-order valence-corrected chi connectivity index (χ1v) is 9.08. The molecule has 1 aliphatic carbocycles. The van der Waals surface area contributed by atoms with Gasteiger partial charge in [0.1, 0.15) is 5.82 Å². The molecule has 0 aliphatic heterocycles. The zero-order valence-electron chi connectivity index (χ0n) is 14.2. The van der Waals surface area contributed by atoms with Gasteiger partial charge in [-0.1, -0.05) is 30.9 Å². The molecule has 2 aromatic carbocycles. The van der Waals surface area contributed by atoms with Crippen LogP contribution in [0.3, 0.4) is 0 Å². The molecule has 1 aliphatic rings. The zero-order valence-corrected chi connectivity index (χ0v) is 15.0. The quantitative estimate of drug-likeness (QED) is 0.808. The molecule has 0 radical (unpaired) electrons. The van der Waals surface area contributed by atoms with Crippen LogP contribution in [0.15, 0.2) is 42.5 Å². The van der Waals surface area contributed by atoms with Crippen LogP contribution in [-0.2, 0) is 0 Å². The second kappa shape index (κ2) is 8.32. The largest absolute Gasteiger partial charge is 0.349 e. The molecule has 3 rings (SSSR count). The number of carbonyl (C=O) groups excluding carboxylic acids is 2. The third-order valence-corrected chi connectivity index (χ3v) is 4.85. The lowest BCUT2D eigenvalue weighted by atomic mass is 9.95. The molecule has 2 amide bonds. The van der Waals surface area contributed by atoms with Gasteiger partial charge in [-0.2, -0.15) is 0 Å². The van der Waals surface area contributed by atoms with Crippen molar-refractivity contribution in [1.29, 1.82) is 0 Å². The molecule has 1 saturated carbocycles. The van der Waals surface area contributed by atoms with Crippen molar-refractivity contribution in [1.82, 2.24) is 5.32 Å². The van der Waals surface area contributed by atoms with E-state index in [1.54, 1.807) is 18.2 Å². The number of benzene rings is 2. The molecule has 2 aromatic rings. The van der Waals surface area contributed by atoms with E-state index in [0.717, 1.165) is 25.7 Å². The molecule has 0 aromatic heterocycles. The third-order valence-electron chi connectivity index (χ3n) is 4.52. The van der Waals surface area contributed by atoms with Crippen LogP contribution in [-0.4, -0.2) is 17.9 Å². The first-order valence-electron chi connectivity index (χ1n) is 8.70. The molecule has 0 saturated heterocycles. The molecular formula is C20H20ClFN2O2. The van der Waals surface area contributed by atoms with Gasteiger partial charge in [0.2, 0.25) is 0 Å². The Hall–Kier alpha value is -2.40. The normalized spacial score (nSPS) is 14.7. The van der Waals surface area contributed by atoms with Crippen LogP contribution in [0, 0.1) is 5.82 Å². The lowest BCUT2D eigenvalue weighted by Crippen LogP contribution is -2.36. The predicted octanol–water partition coefficient (Wildman–Crippen LogP) is 4.79. The van der Waals surface area contributed by atoms with Gasteiger partial charge in [0.25, 0.3) is 11.8 Å². The topological polar surface area (TPSA) is 58.2 Å². The summed E-state index contributed by atoms with van der Waals surface area (Å²) in [7, 11) is 0. The molecular weight excluding hydrogens is 355 g/mol. The highest BCUT2D eigenvalue weighted by Gasteiger charge is 2.19. The summed E-state index contributed by atoms with van der Waals surface area (Å²) in [5.74, 6) is -1.03. The Labute approximate surface area is 156 Å². The van der Waals surface area contributed by atoms with Crippen molar-refractivity contribution in [2.75, 3.05) is 5.32 Å². The highest BCUT2D eigenvalue weighted by atomic mass is 35.5. The number of carbonyl (C=O) groups is 2. The lowest BCUT2D eigenvalue weighted by Gasteiger charge is -2.23. The number of anilines is 1. The Kier molecular flexibility index (Phi) is 5.89. The van der Waals surface area contributed by atoms with E-state index in [-0.39, 0.29) is 17.9 Å². The van der Waals surface area contributed by atoms with E-state index in [2.05, 4.69) is 10.6 Å². The maximum atomic E-state index is 13.0. The van der Waals surface area contributed by atoms with Crippen molar-refractivity contribution in [3.63, 3.8) is 0 Å². The van der Waals surface area contributed by atoms with Gasteiger partial charge in [-0.3, -0.25) is 9.59 Å². The summed E-state index contributed by atoms with van der Waals surface area (Å²) in [5, 5.41) is 6.05. The van der Waals surface area contributed by atoms with Gasteiger partial charge in [0, 0.05) is 17.3 Å². The average molecular weight is 375 g/mol. The molecule has 1 fully saturated rings. The summed E-state index contributed by atoms with van der Waals surface area (Å²) < 4.78 is 13.0. The number of rotatable bonds is 4. The van der Waals surface area contributed by atoms with E-state index in [4.69, 9.17) is 11.6 Å². The number of halogens is 2. The SMILES string of the molecule is O=C(Nc1ccc(Cl)c(C(=O)NC2CCCCC2)c1)c1ccc(F)cc1. The number of nitrogens with one attached hydrogen (secondary N) is 2. The number of hydrogen-bond donors (Lipinski definition) is 2. The highest BCUT2D eigenvalue weighted by molar-refractivity contribution is 6.34. The minimum atomic E-state index is -0.408. The maximum absolute atomic E-state index is 13.0. The smallest absolute Gasteiger partial charge is 0.255 e. The van der Waals surface area contributed by atoms with Crippen molar-refractivity contribution in [3.05, 3.63) is 64.4 Å². The molecule has 0 spiro atoms. The van der Waals surface area contributed by atoms with Crippen LogP contribution in [0.1, 0.15) is 52.8 Å². The van der Waals surface area contributed by atoms with Crippen LogP contribution in [0.2, 0.25) is 5.02 Å². The van der Waals surface area contributed by atoms with Crippen LogP contribution in [0.25, 0.3) is 0 Å². The van der Waals surface area contributed by atoms with E-state index in [0.29, 0.717) is 21.8 Å². The molecule has 0 bridgehead atoms. The summed E-state index contributed by atoms with van der Waals surface area (Å²) >= 11 is 6.16. The summed E-state index contributed by atoms with van der Waals surface area (Å²) in [6.45, 7) is 0. The summed E-state index contributed by atoms with van der Waals surface area (Å²) in [6.07, 6.45) is 5.39. The molecule has 4 nitrogen and oxygen atoms in total. The van der Waals surface area contributed by atoms with Crippen molar-refractivity contribution in [3.8, 4) is 0 Å². The molecule has 2 N–H and O–H groups in total. The van der Waals surface area contributed by atoms with E-state index in [1.165, 1.54) is 30.7 Å². The minimum absolute atomic E-state index is 0.171. The molecule has 0 heterocycles. The first-order chi connectivity index (χ1) is 12.5. The molecule has 0 atom stereocenters. The molecule has 6 heteroatoms. The van der Waals surface area contributed by atoms with Crippen LogP contribution < -0.4 is 10.6 Å². The summed E-state index contributed by atoms with van der Waals surface area (Å²) in [4.78, 5) is 24.8. The Balaban J connectivity index is 1.71. The second-order valence-electron chi connectivity index (χ2n) is 6.46. The second-order valence-corrected chi connectivity index (χ2v) is 6.87. The fourth-order valence-electron chi connectivity index (χ4n) is 3.09. The van der Waals surface area contributed by atoms with Crippen LogP contribution >= 0.6 is 11.6 Å². The fraction of sp³-hybridized carbons (Fsp3) is 0.300. The molecule has 26 heavy (non-hydrogen) atoms. The lowest BCUT2D eigenvalue weighted by molar-refractivity contribution is 0.0926. The van der Waals surface area contributed by atoms with Gasteiger partial charge >= 0.3 is 0 Å². The van der Waals surface area contributed by atoms with Gasteiger partial charge in [-0.05, 0) is 55.3 Å². The van der Waals surface area contributed by atoms with Gasteiger partial charge in [0.15, 0.2) is 0 Å². The van der Waals surface area contributed by atoms with E-state index in [9.17, 15) is 14.0 Å². The average Bonchev–Trinajstić information content (AvgIpc) is 2.64. The van der Waals surface area contributed by atoms with Crippen LogP contribution in [0.5, 0.6) is 0 Å². The van der Waals surface area contributed by atoms with Gasteiger partial charge < -0.3 is 10.6 Å². The predicted molar refractivity (Wildman–Crippen MR) is 100 cm³/mol. The zero-order chi connectivity index (χ0) is 18.5. The van der Waals surface area contributed by atoms with E-state index in [1.807, 2.05) is 0 Å². The van der Waals surface area contributed by atoms with Crippen LogP contribution in [0.4, 0.5) is 10.1 Å². The molecule has 0 unspecified atom stereocenters. The molecule has 136 valence electrons. The fourth-order valence-corrected chi connectivity index (χ4v) is 3.30. The first kappa shape index (κ1) is 18.4. The van der Waals surface area contributed by atoms with E-state index >= 15 is 0 Å². The minimum Gasteiger partial charge on any atom is -0.349 e. The Morgan fingerprint density at radius 3 is 2.35 bits per heavy atom. The monoisotopic (exact) mass is 374 g/mol. The standard InChI is InChI=1S/C20H20ClFN2O2/c21-18-11-10-16(24-19(25)13-6-8-14(22)9-7-13)12-17(18)20(26)23-15-4-2-1-3-5-15/h6-12,15H,1-5H2,(H,23,26)(H,24,25). The number of hydrogen-bond acceptors (Lipinski definition) is 2. The summed E-state index contributed by atoms with van der Waals surface area (Å²) in [5.41, 5.74) is 1.11. The Bertz CT molecular complexity index is 802. The van der Waals surface area contributed by atoms with Crippen molar-refractivity contribution < 1.29 is 14.0 Å². The highest BCUT2D eigenvalue weighted by Crippen LogP contribution is 2.23. The Morgan fingerprint density at radius 1 is 0.962 bits per heavy atom.